The second-order valence-corrected chi connectivity index (χ2v) is 6.55. The molecule has 4 rings (SSSR count). The zero-order valence-corrected chi connectivity index (χ0v) is 17.6. The second kappa shape index (κ2) is 8.07. The summed E-state index contributed by atoms with van der Waals surface area (Å²) in [6, 6.07) is 3.66. The minimum Gasteiger partial charge on any atom is -0.493 e. The van der Waals surface area contributed by atoms with Gasteiger partial charge in [0.05, 0.1) is 44.8 Å². The number of imidazole rings is 1. The number of ether oxygens (including phenoxy) is 3. The van der Waals surface area contributed by atoms with Crippen LogP contribution >= 0.6 is 11.6 Å². The highest BCUT2D eigenvalue weighted by atomic mass is 35.5. The molecule has 30 heavy (non-hydrogen) atoms. The number of nitrogens with zero attached hydrogens (tertiary/aromatic N) is 6. The summed E-state index contributed by atoms with van der Waals surface area (Å²) in [5.41, 5.74) is 1.44. The Morgan fingerprint density at radius 2 is 1.80 bits per heavy atom. The molecule has 0 amide bonds. The largest absolute Gasteiger partial charge is 0.493 e. The van der Waals surface area contributed by atoms with Gasteiger partial charge in [0.1, 0.15) is 18.0 Å². The van der Waals surface area contributed by atoms with Crippen LogP contribution in [0.15, 0.2) is 30.9 Å². The number of hydrogen-bond acceptors (Lipinski definition) is 8. The van der Waals surface area contributed by atoms with Gasteiger partial charge in [-0.3, -0.25) is 0 Å². The molecule has 0 aliphatic rings. The minimum absolute atomic E-state index is 0.129. The number of benzene rings is 1. The van der Waals surface area contributed by atoms with Crippen LogP contribution in [0.4, 0.5) is 11.6 Å². The number of fused-ring (bicyclic) bond motifs is 1. The highest BCUT2D eigenvalue weighted by Gasteiger charge is 2.16. The number of methoxy groups -OCH3 is 3. The van der Waals surface area contributed by atoms with Gasteiger partial charge >= 0.3 is 0 Å². The third-order valence-corrected chi connectivity index (χ3v) is 4.71. The van der Waals surface area contributed by atoms with Gasteiger partial charge in [0.2, 0.25) is 11.0 Å². The number of rotatable bonds is 7. The molecule has 4 aromatic rings. The third kappa shape index (κ3) is 3.45. The lowest BCUT2D eigenvalue weighted by molar-refractivity contribution is 0.324. The smallest absolute Gasteiger partial charge is 0.226 e. The van der Waals surface area contributed by atoms with Crippen LogP contribution < -0.4 is 19.5 Å². The molecule has 3 heterocycles. The molecule has 10 nitrogen and oxygen atoms in total. The Balaban J connectivity index is 1.69. The third-order valence-electron chi connectivity index (χ3n) is 4.55. The average molecular weight is 430 g/mol. The average Bonchev–Trinajstić information content (AvgIpc) is 3.39. The standard InChI is InChI=1S/C19H20ClN7O3/c1-5-27-18-12(8-22-27)17(24-19(20)25-18)23-15-9-26(10-21-15)11-6-13(28-2)16(30-4)14(7-11)29-3/h6-10H,5H2,1-4H3,(H,23,24,25). The zero-order chi connectivity index (χ0) is 21.3. The molecule has 0 aliphatic carbocycles. The summed E-state index contributed by atoms with van der Waals surface area (Å²) in [6.45, 7) is 2.65. The van der Waals surface area contributed by atoms with Crippen molar-refractivity contribution in [1.29, 1.82) is 0 Å². The van der Waals surface area contributed by atoms with E-state index < -0.39 is 0 Å². The maximum atomic E-state index is 6.10. The van der Waals surface area contributed by atoms with Crippen molar-refractivity contribution in [2.75, 3.05) is 26.6 Å². The van der Waals surface area contributed by atoms with E-state index in [1.807, 2.05) is 29.8 Å². The number of anilines is 2. The topological polar surface area (TPSA) is 101 Å². The fourth-order valence-electron chi connectivity index (χ4n) is 3.12. The Morgan fingerprint density at radius 3 is 2.43 bits per heavy atom. The number of halogens is 1. The molecule has 0 saturated heterocycles. The van der Waals surface area contributed by atoms with E-state index in [2.05, 4.69) is 25.4 Å². The van der Waals surface area contributed by atoms with E-state index >= 15 is 0 Å². The summed E-state index contributed by atoms with van der Waals surface area (Å²) in [4.78, 5) is 13.0. The monoisotopic (exact) mass is 429 g/mol. The van der Waals surface area contributed by atoms with E-state index in [9.17, 15) is 0 Å². The summed E-state index contributed by atoms with van der Waals surface area (Å²) in [5, 5.41) is 8.38. The first-order chi connectivity index (χ1) is 14.6. The number of aryl methyl sites for hydroxylation is 1. The normalized spacial score (nSPS) is 11.0. The molecule has 0 saturated carbocycles. The van der Waals surface area contributed by atoms with E-state index in [0.29, 0.717) is 41.1 Å². The van der Waals surface area contributed by atoms with E-state index in [4.69, 9.17) is 25.8 Å². The van der Waals surface area contributed by atoms with Crippen molar-refractivity contribution in [2.24, 2.45) is 0 Å². The molecule has 0 unspecified atom stereocenters. The Hall–Kier alpha value is -3.53. The lowest BCUT2D eigenvalue weighted by atomic mass is 10.2. The molecule has 0 bridgehead atoms. The number of hydrogen-bond donors (Lipinski definition) is 1. The molecule has 0 spiro atoms. The zero-order valence-electron chi connectivity index (χ0n) is 16.9. The molecule has 0 radical (unpaired) electrons. The first-order valence-electron chi connectivity index (χ1n) is 9.08. The van der Waals surface area contributed by atoms with Crippen LogP contribution in [-0.4, -0.2) is 50.6 Å². The van der Waals surface area contributed by atoms with Crippen molar-refractivity contribution in [2.45, 2.75) is 13.5 Å². The molecule has 11 heteroatoms. The Labute approximate surface area is 177 Å². The predicted molar refractivity (Wildman–Crippen MR) is 113 cm³/mol. The summed E-state index contributed by atoms with van der Waals surface area (Å²) < 4.78 is 19.8. The van der Waals surface area contributed by atoms with Crippen molar-refractivity contribution >= 4 is 34.3 Å². The van der Waals surface area contributed by atoms with Crippen LogP contribution in [0.3, 0.4) is 0 Å². The van der Waals surface area contributed by atoms with E-state index in [-0.39, 0.29) is 5.28 Å². The first kappa shape index (κ1) is 19.8. The van der Waals surface area contributed by atoms with Crippen molar-refractivity contribution in [3.05, 3.63) is 36.1 Å². The minimum atomic E-state index is 0.129. The molecular weight excluding hydrogens is 410 g/mol. The summed E-state index contributed by atoms with van der Waals surface area (Å²) in [5.74, 6) is 2.72. The molecule has 0 aliphatic heterocycles. The van der Waals surface area contributed by atoms with Crippen LogP contribution in [0.5, 0.6) is 17.2 Å². The second-order valence-electron chi connectivity index (χ2n) is 6.21. The van der Waals surface area contributed by atoms with Gasteiger partial charge in [-0.25, -0.2) is 9.67 Å². The Bertz CT molecular complexity index is 1180. The lowest BCUT2D eigenvalue weighted by Gasteiger charge is -2.14. The summed E-state index contributed by atoms with van der Waals surface area (Å²) in [6.07, 6.45) is 5.18. The van der Waals surface area contributed by atoms with Crippen molar-refractivity contribution < 1.29 is 14.2 Å². The van der Waals surface area contributed by atoms with Crippen LogP contribution in [0, 0.1) is 0 Å². The van der Waals surface area contributed by atoms with Crippen molar-refractivity contribution in [3.63, 3.8) is 0 Å². The van der Waals surface area contributed by atoms with Gasteiger partial charge in [-0.1, -0.05) is 0 Å². The summed E-state index contributed by atoms with van der Waals surface area (Å²) in [7, 11) is 4.71. The van der Waals surface area contributed by atoms with Crippen LogP contribution in [0.1, 0.15) is 6.92 Å². The van der Waals surface area contributed by atoms with Gasteiger partial charge in [-0.05, 0) is 18.5 Å². The number of nitrogens with one attached hydrogen (secondary N) is 1. The Kier molecular flexibility index (Phi) is 5.32. The quantitative estimate of drug-likeness (QED) is 0.446. The van der Waals surface area contributed by atoms with Crippen molar-refractivity contribution in [1.82, 2.24) is 29.3 Å². The fourth-order valence-corrected chi connectivity index (χ4v) is 3.29. The van der Waals surface area contributed by atoms with Gasteiger partial charge in [0.25, 0.3) is 0 Å². The van der Waals surface area contributed by atoms with Crippen LogP contribution in [0.2, 0.25) is 5.28 Å². The van der Waals surface area contributed by atoms with E-state index in [1.165, 1.54) is 0 Å². The fraction of sp³-hybridized carbons (Fsp3) is 0.263. The molecule has 0 atom stereocenters. The molecule has 1 N–H and O–H groups in total. The SMILES string of the molecule is CCn1ncc2c(Nc3cn(-c4cc(OC)c(OC)c(OC)c4)cn3)nc(Cl)nc21. The maximum Gasteiger partial charge on any atom is 0.226 e. The van der Waals surface area contributed by atoms with Crippen molar-refractivity contribution in [3.8, 4) is 22.9 Å². The van der Waals surface area contributed by atoms with Gasteiger partial charge < -0.3 is 24.1 Å². The van der Waals surface area contributed by atoms with Gasteiger partial charge in [-0.2, -0.15) is 15.1 Å². The highest BCUT2D eigenvalue weighted by molar-refractivity contribution is 6.28. The van der Waals surface area contributed by atoms with Gasteiger partial charge in [0.15, 0.2) is 17.1 Å². The molecule has 0 fully saturated rings. The molecule has 1 aromatic carbocycles. The lowest BCUT2D eigenvalue weighted by Crippen LogP contribution is -2.01. The Morgan fingerprint density at radius 1 is 1.07 bits per heavy atom. The van der Waals surface area contributed by atoms with E-state index in [1.54, 1.807) is 38.5 Å². The number of aromatic nitrogens is 6. The van der Waals surface area contributed by atoms with Crippen LogP contribution in [0.25, 0.3) is 16.7 Å². The molecular formula is C19H20ClN7O3. The first-order valence-corrected chi connectivity index (χ1v) is 9.46. The highest BCUT2D eigenvalue weighted by Crippen LogP contribution is 2.39. The predicted octanol–water partition coefficient (Wildman–Crippen LogP) is 3.45. The summed E-state index contributed by atoms with van der Waals surface area (Å²) >= 11 is 6.10. The van der Waals surface area contributed by atoms with Gasteiger partial charge in [0, 0.05) is 18.7 Å². The van der Waals surface area contributed by atoms with Crippen LogP contribution in [-0.2, 0) is 6.54 Å². The van der Waals surface area contributed by atoms with Gasteiger partial charge in [-0.15, -0.1) is 0 Å². The molecule has 3 aromatic heterocycles. The van der Waals surface area contributed by atoms with E-state index in [0.717, 1.165) is 11.1 Å². The molecule has 156 valence electrons. The maximum absolute atomic E-state index is 6.10.